The van der Waals surface area contributed by atoms with E-state index in [4.69, 9.17) is 9.47 Å². The zero-order chi connectivity index (χ0) is 22.8. The van der Waals surface area contributed by atoms with Gasteiger partial charge in [-0.25, -0.2) is 4.79 Å². The molecule has 5 rings (SSSR count). The summed E-state index contributed by atoms with van der Waals surface area (Å²) >= 11 is 0. The average molecular weight is 450 g/mol. The molecule has 33 heavy (non-hydrogen) atoms. The number of anilines is 1. The summed E-state index contributed by atoms with van der Waals surface area (Å²) in [6.45, 7) is 3.16. The lowest BCUT2D eigenvalue weighted by atomic mass is 10.1. The number of fused-ring (bicyclic) bond motifs is 1. The summed E-state index contributed by atoms with van der Waals surface area (Å²) in [6.07, 6.45) is 0.514. The standard InChI is InChI=1S/C24H26N4O5/c29-22(27-12-10-26(11-13-27)18-4-2-1-3-5-18)9-7-19-23(30)28(24(31)25-19)15-17-6-8-20-21(14-17)33-16-32-20/h1-6,8,14,19H,7,9-13,15-16H2,(H,25,31)/t19-/m0/s1. The molecule has 9 heteroatoms. The molecule has 1 atom stereocenters. The van der Waals surface area contributed by atoms with Crippen LogP contribution in [0, 0.1) is 0 Å². The number of nitrogens with zero attached hydrogens (tertiary/aromatic N) is 3. The number of amides is 4. The Balaban J connectivity index is 1.11. The predicted molar refractivity (Wildman–Crippen MR) is 120 cm³/mol. The zero-order valence-corrected chi connectivity index (χ0v) is 18.2. The van der Waals surface area contributed by atoms with E-state index < -0.39 is 12.1 Å². The maximum Gasteiger partial charge on any atom is 0.325 e. The fourth-order valence-corrected chi connectivity index (χ4v) is 4.42. The van der Waals surface area contributed by atoms with Crippen molar-refractivity contribution in [1.29, 1.82) is 0 Å². The number of imide groups is 1. The third kappa shape index (κ3) is 4.44. The second kappa shape index (κ2) is 9.01. The third-order valence-electron chi connectivity index (χ3n) is 6.29. The number of carbonyl (C=O) groups excluding carboxylic acids is 3. The number of carbonyl (C=O) groups is 3. The number of para-hydroxylation sites is 1. The van der Waals surface area contributed by atoms with Gasteiger partial charge in [-0.1, -0.05) is 24.3 Å². The van der Waals surface area contributed by atoms with E-state index >= 15 is 0 Å². The molecular formula is C24H26N4O5. The largest absolute Gasteiger partial charge is 0.454 e. The van der Waals surface area contributed by atoms with Gasteiger partial charge in [0, 0.05) is 38.3 Å². The maximum absolute atomic E-state index is 12.8. The molecule has 2 aromatic rings. The SMILES string of the molecule is O=C(CC[C@@H]1NC(=O)N(Cc2ccc3c(c2)OCO3)C1=O)N1CCN(c2ccccc2)CC1. The van der Waals surface area contributed by atoms with Gasteiger partial charge >= 0.3 is 6.03 Å². The molecule has 2 aromatic carbocycles. The quantitative estimate of drug-likeness (QED) is 0.677. The topological polar surface area (TPSA) is 91.4 Å². The highest BCUT2D eigenvalue weighted by Gasteiger charge is 2.38. The van der Waals surface area contributed by atoms with Gasteiger partial charge in [0.15, 0.2) is 11.5 Å². The maximum atomic E-state index is 12.8. The van der Waals surface area contributed by atoms with E-state index in [1.165, 1.54) is 4.90 Å². The Labute approximate surface area is 191 Å². The number of rotatable bonds is 6. The van der Waals surface area contributed by atoms with Gasteiger partial charge in [-0.05, 0) is 36.2 Å². The Morgan fingerprint density at radius 3 is 2.52 bits per heavy atom. The first-order valence-electron chi connectivity index (χ1n) is 11.2. The van der Waals surface area contributed by atoms with Crippen molar-refractivity contribution in [2.45, 2.75) is 25.4 Å². The summed E-state index contributed by atoms with van der Waals surface area (Å²) in [5.41, 5.74) is 1.93. The summed E-state index contributed by atoms with van der Waals surface area (Å²) < 4.78 is 10.7. The lowest BCUT2D eigenvalue weighted by Gasteiger charge is -2.36. The number of urea groups is 1. The van der Waals surface area contributed by atoms with E-state index in [9.17, 15) is 14.4 Å². The van der Waals surface area contributed by atoms with Crippen LogP contribution in [-0.4, -0.2) is 66.7 Å². The number of hydrogen-bond acceptors (Lipinski definition) is 6. The molecule has 3 aliphatic heterocycles. The molecule has 0 radical (unpaired) electrons. The van der Waals surface area contributed by atoms with Gasteiger partial charge in [-0.15, -0.1) is 0 Å². The Bertz CT molecular complexity index is 1050. The monoisotopic (exact) mass is 450 g/mol. The first-order chi connectivity index (χ1) is 16.1. The van der Waals surface area contributed by atoms with Gasteiger partial charge < -0.3 is 24.6 Å². The molecule has 0 saturated carbocycles. The molecule has 0 aromatic heterocycles. The highest BCUT2D eigenvalue weighted by atomic mass is 16.7. The Morgan fingerprint density at radius 1 is 0.970 bits per heavy atom. The van der Waals surface area contributed by atoms with Crippen LogP contribution in [0.2, 0.25) is 0 Å². The molecule has 2 saturated heterocycles. The van der Waals surface area contributed by atoms with Crippen molar-refractivity contribution in [2.24, 2.45) is 0 Å². The number of hydrogen-bond donors (Lipinski definition) is 1. The number of benzene rings is 2. The number of ether oxygens (including phenoxy) is 2. The summed E-state index contributed by atoms with van der Waals surface area (Å²) in [7, 11) is 0. The van der Waals surface area contributed by atoms with Gasteiger partial charge in [0.25, 0.3) is 5.91 Å². The normalized spacial score (nSPS) is 19.8. The minimum Gasteiger partial charge on any atom is -0.454 e. The second-order valence-electron chi connectivity index (χ2n) is 8.36. The van der Waals surface area contributed by atoms with Crippen LogP contribution in [0.3, 0.4) is 0 Å². The van der Waals surface area contributed by atoms with E-state index in [2.05, 4.69) is 22.3 Å². The molecule has 0 aliphatic carbocycles. The Morgan fingerprint density at radius 2 is 1.73 bits per heavy atom. The predicted octanol–water partition coefficient (Wildman–Crippen LogP) is 1.96. The van der Waals surface area contributed by atoms with Gasteiger partial charge in [-0.3, -0.25) is 14.5 Å². The van der Waals surface area contributed by atoms with Gasteiger partial charge in [0.05, 0.1) is 6.54 Å². The first-order valence-corrected chi connectivity index (χ1v) is 11.2. The van der Waals surface area contributed by atoms with Gasteiger partial charge in [0.2, 0.25) is 12.7 Å². The molecule has 0 bridgehead atoms. The van der Waals surface area contributed by atoms with Crippen molar-refractivity contribution in [3.05, 3.63) is 54.1 Å². The van der Waals surface area contributed by atoms with E-state index in [0.29, 0.717) is 31.0 Å². The molecule has 3 heterocycles. The zero-order valence-electron chi connectivity index (χ0n) is 18.2. The first kappa shape index (κ1) is 21.1. The second-order valence-corrected chi connectivity index (χ2v) is 8.36. The van der Waals surface area contributed by atoms with Crippen molar-refractivity contribution >= 4 is 23.5 Å². The Kier molecular flexibility index (Phi) is 5.77. The van der Waals surface area contributed by atoms with Gasteiger partial charge in [0.1, 0.15) is 6.04 Å². The summed E-state index contributed by atoms with van der Waals surface area (Å²) in [4.78, 5) is 43.2. The van der Waals surface area contributed by atoms with Crippen molar-refractivity contribution in [1.82, 2.24) is 15.1 Å². The van der Waals surface area contributed by atoms with Gasteiger partial charge in [-0.2, -0.15) is 0 Å². The average Bonchev–Trinajstić information content (AvgIpc) is 3.42. The summed E-state index contributed by atoms with van der Waals surface area (Å²) in [5.74, 6) is 0.962. The summed E-state index contributed by atoms with van der Waals surface area (Å²) in [5, 5.41) is 2.72. The molecule has 9 nitrogen and oxygen atoms in total. The highest BCUT2D eigenvalue weighted by molar-refractivity contribution is 6.04. The van der Waals surface area contributed by atoms with Crippen LogP contribution in [0.5, 0.6) is 11.5 Å². The smallest absolute Gasteiger partial charge is 0.325 e. The number of piperazine rings is 1. The molecule has 1 N–H and O–H groups in total. The van der Waals surface area contributed by atoms with Crippen LogP contribution in [0.4, 0.5) is 10.5 Å². The van der Waals surface area contributed by atoms with Crippen molar-refractivity contribution in [3.8, 4) is 11.5 Å². The van der Waals surface area contributed by atoms with E-state index in [-0.39, 0.29) is 31.6 Å². The molecule has 0 unspecified atom stereocenters. The highest BCUT2D eigenvalue weighted by Crippen LogP contribution is 2.33. The summed E-state index contributed by atoms with van der Waals surface area (Å²) in [6, 6.07) is 14.4. The lowest BCUT2D eigenvalue weighted by Crippen LogP contribution is -2.49. The minimum absolute atomic E-state index is 0.0129. The van der Waals surface area contributed by atoms with Crippen molar-refractivity contribution in [2.75, 3.05) is 37.9 Å². The van der Waals surface area contributed by atoms with Crippen LogP contribution in [0.15, 0.2) is 48.5 Å². The molecule has 3 aliphatic rings. The number of nitrogens with one attached hydrogen (secondary N) is 1. The molecular weight excluding hydrogens is 424 g/mol. The Hall–Kier alpha value is -3.75. The van der Waals surface area contributed by atoms with Crippen molar-refractivity contribution in [3.63, 3.8) is 0 Å². The molecule has 0 spiro atoms. The van der Waals surface area contributed by atoms with E-state index in [0.717, 1.165) is 24.3 Å². The van der Waals surface area contributed by atoms with Crippen LogP contribution >= 0.6 is 0 Å². The van der Waals surface area contributed by atoms with Crippen LogP contribution in [-0.2, 0) is 16.1 Å². The van der Waals surface area contributed by atoms with Crippen molar-refractivity contribution < 1.29 is 23.9 Å². The fourth-order valence-electron chi connectivity index (χ4n) is 4.42. The fraction of sp³-hybridized carbons (Fsp3) is 0.375. The van der Waals surface area contributed by atoms with Crippen LogP contribution in [0.1, 0.15) is 18.4 Å². The molecule has 172 valence electrons. The van der Waals surface area contributed by atoms with E-state index in [1.807, 2.05) is 23.1 Å². The minimum atomic E-state index is -0.680. The molecule has 2 fully saturated rings. The van der Waals surface area contributed by atoms with E-state index in [1.54, 1.807) is 18.2 Å². The third-order valence-corrected chi connectivity index (χ3v) is 6.29. The van der Waals surface area contributed by atoms with Crippen LogP contribution < -0.4 is 19.7 Å². The lowest BCUT2D eigenvalue weighted by molar-refractivity contribution is -0.132. The van der Waals surface area contributed by atoms with Crippen LogP contribution in [0.25, 0.3) is 0 Å². The molecule has 4 amide bonds.